The quantitative estimate of drug-likeness (QED) is 0.845. The van der Waals surface area contributed by atoms with Crippen molar-refractivity contribution in [3.8, 4) is 0 Å². The molecule has 3 rings (SSSR count). The van der Waals surface area contributed by atoms with E-state index in [1.807, 2.05) is 6.07 Å². The van der Waals surface area contributed by atoms with Crippen molar-refractivity contribution in [3.05, 3.63) is 59.2 Å². The fraction of sp³-hybridized carbons (Fsp3) is 0.231. The Morgan fingerprint density at radius 3 is 2.88 bits per heavy atom. The number of hydrogen-bond acceptors (Lipinski definition) is 4. The Labute approximate surface area is 99.5 Å². The highest BCUT2D eigenvalue weighted by Gasteiger charge is 2.15. The molecule has 2 heterocycles. The van der Waals surface area contributed by atoms with Crippen LogP contribution in [0.15, 0.2) is 36.8 Å². The second kappa shape index (κ2) is 4.24. The van der Waals surface area contributed by atoms with E-state index in [1.165, 1.54) is 11.1 Å². The molecule has 2 aromatic rings. The Morgan fingerprint density at radius 2 is 2.06 bits per heavy atom. The van der Waals surface area contributed by atoms with Gasteiger partial charge < -0.3 is 10.5 Å². The number of hydrogen-bond donors (Lipinski definition) is 1. The highest BCUT2D eigenvalue weighted by molar-refractivity contribution is 5.36. The van der Waals surface area contributed by atoms with E-state index in [0.717, 1.165) is 11.3 Å². The van der Waals surface area contributed by atoms with Gasteiger partial charge in [-0.15, -0.1) is 0 Å². The smallest absolute Gasteiger partial charge is 0.0799 e. The average Bonchev–Trinajstić information content (AvgIpc) is 2.86. The van der Waals surface area contributed by atoms with E-state index in [0.29, 0.717) is 13.2 Å². The fourth-order valence-corrected chi connectivity index (χ4v) is 2.03. The van der Waals surface area contributed by atoms with Crippen LogP contribution in [0.4, 0.5) is 0 Å². The lowest BCUT2D eigenvalue weighted by molar-refractivity contribution is 0.134. The van der Waals surface area contributed by atoms with Crippen molar-refractivity contribution < 1.29 is 4.74 Å². The first kappa shape index (κ1) is 10.4. The third-order valence-electron chi connectivity index (χ3n) is 3.01. The zero-order valence-corrected chi connectivity index (χ0v) is 9.34. The molecule has 1 unspecified atom stereocenters. The number of fused-ring (bicyclic) bond motifs is 1. The molecule has 4 heteroatoms. The van der Waals surface area contributed by atoms with Gasteiger partial charge in [0.15, 0.2) is 0 Å². The Bertz CT molecular complexity index is 527. The normalized spacial score (nSPS) is 15.6. The minimum absolute atomic E-state index is 0.227. The molecular formula is C13H13N3O. The standard InChI is InChI=1S/C13H13N3O/c14-13(12-6-15-3-4-16-12)9-1-2-10-7-17-8-11(10)5-9/h1-6,13H,7-8,14H2. The van der Waals surface area contributed by atoms with Gasteiger partial charge in [0.25, 0.3) is 0 Å². The van der Waals surface area contributed by atoms with Crippen molar-refractivity contribution >= 4 is 0 Å². The first-order valence-corrected chi connectivity index (χ1v) is 5.55. The summed E-state index contributed by atoms with van der Waals surface area (Å²) in [7, 11) is 0. The van der Waals surface area contributed by atoms with Crippen LogP contribution in [0.3, 0.4) is 0 Å². The molecule has 1 aliphatic heterocycles. The number of aromatic nitrogens is 2. The van der Waals surface area contributed by atoms with Crippen LogP contribution in [0.2, 0.25) is 0 Å². The molecule has 2 N–H and O–H groups in total. The van der Waals surface area contributed by atoms with Gasteiger partial charge in [-0.2, -0.15) is 0 Å². The zero-order chi connectivity index (χ0) is 11.7. The van der Waals surface area contributed by atoms with E-state index in [1.54, 1.807) is 18.6 Å². The van der Waals surface area contributed by atoms with E-state index in [2.05, 4.69) is 22.1 Å². The van der Waals surface area contributed by atoms with Gasteiger partial charge in [0.1, 0.15) is 0 Å². The van der Waals surface area contributed by atoms with E-state index in [-0.39, 0.29) is 6.04 Å². The van der Waals surface area contributed by atoms with Gasteiger partial charge in [0, 0.05) is 12.4 Å². The molecule has 1 atom stereocenters. The van der Waals surface area contributed by atoms with Crippen LogP contribution in [0.5, 0.6) is 0 Å². The maximum absolute atomic E-state index is 6.17. The first-order chi connectivity index (χ1) is 8.34. The summed E-state index contributed by atoms with van der Waals surface area (Å²) in [5, 5.41) is 0. The summed E-state index contributed by atoms with van der Waals surface area (Å²) in [6.45, 7) is 1.38. The minimum atomic E-state index is -0.227. The first-order valence-electron chi connectivity index (χ1n) is 5.55. The lowest BCUT2D eigenvalue weighted by atomic mass is 10.00. The molecule has 0 spiro atoms. The summed E-state index contributed by atoms with van der Waals surface area (Å²) < 4.78 is 5.39. The molecule has 1 aromatic heterocycles. The van der Waals surface area contributed by atoms with Crippen molar-refractivity contribution in [2.75, 3.05) is 0 Å². The Morgan fingerprint density at radius 1 is 1.18 bits per heavy atom. The Balaban J connectivity index is 1.94. The largest absolute Gasteiger partial charge is 0.372 e. The maximum Gasteiger partial charge on any atom is 0.0799 e. The SMILES string of the molecule is NC(c1ccc2c(c1)COC2)c1cnccn1. The predicted molar refractivity (Wildman–Crippen MR) is 63.0 cm³/mol. The lowest BCUT2D eigenvalue weighted by Gasteiger charge is -2.12. The zero-order valence-electron chi connectivity index (χ0n) is 9.34. The van der Waals surface area contributed by atoms with E-state index < -0.39 is 0 Å². The summed E-state index contributed by atoms with van der Waals surface area (Å²) >= 11 is 0. The third kappa shape index (κ3) is 1.92. The lowest BCUT2D eigenvalue weighted by Crippen LogP contribution is -2.14. The predicted octanol–water partition coefficient (Wildman–Crippen LogP) is 1.55. The molecular weight excluding hydrogens is 214 g/mol. The average molecular weight is 227 g/mol. The van der Waals surface area contributed by atoms with E-state index in [9.17, 15) is 0 Å². The van der Waals surface area contributed by atoms with Gasteiger partial charge in [-0.3, -0.25) is 9.97 Å². The van der Waals surface area contributed by atoms with Crippen LogP contribution in [0.1, 0.15) is 28.4 Å². The molecule has 1 aliphatic rings. The second-order valence-corrected chi connectivity index (χ2v) is 4.13. The maximum atomic E-state index is 6.17. The molecule has 0 aliphatic carbocycles. The molecule has 4 nitrogen and oxygen atoms in total. The van der Waals surface area contributed by atoms with Gasteiger partial charge in [-0.25, -0.2) is 0 Å². The van der Waals surface area contributed by atoms with Crippen molar-refractivity contribution in [3.63, 3.8) is 0 Å². The fourth-order valence-electron chi connectivity index (χ4n) is 2.03. The summed E-state index contributed by atoms with van der Waals surface area (Å²) in [5.74, 6) is 0. The highest BCUT2D eigenvalue weighted by Crippen LogP contribution is 2.25. The molecule has 0 saturated heterocycles. The number of rotatable bonds is 2. The van der Waals surface area contributed by atoms with Gasteiger partial charge in [-0.1, -0.05) is 18.2 Å². The number of benzene rings is 1. The van der Waals surface area contributed by atoms with Gasteiger partial charge in [0.2, 0.25) is 0 Å². The van der Waals surface area contributed by atoms with Gasteiger partial charge in [0.05, 0.1) is 31.1 Å². The highest BCUT2D eigenvalue weighted by atomic mass is 16.5. The number of nitrogens with zero attached hydrogens (tertiary/aromatic N) is 2. The molecule has 0 radical (unpaired) electrons. The topological polar surface area (TPSA) is 61.0 Å². The molecule has 0 bridgehead atoms. The van der Waals surface area contributed by atoms with E-state index in [4.69, 9.17) is 10.5 Å². The minimum Gasteiger partial charge on any atom is -0.372 e. The molecule has 0 saturated carbocycles. The van der Waals surface area contributed by atoms with Crippen molar-refractivity contribution in [1.29, 1.82) is 0 Å². The van der Waals surface area contributed by atoms with Crippen LogP contribution in [0.25, 0.3) is 0 Å². The molecule has 86 valence electrons. The van der Waals surface area contributed by atoms with Gasteiger partial charge >= 0.3 is 0 Å². The monoisotopic (exact) mass is 227 g/mol. The number of nitrogens with two attached hydrogens (primary N) is 1. The van der Waals surface area contributed by atoms with Crippen LogP contribution in [-0.4, -0.2) is 9.97 Å². The summed E-state index contributed by atoms with van der Waals surface area (Å²) in [6.07, 6.45) is 5.01. The van der Waals surface area contributed by atoms with Crippen LogP contribution >= 0.6 is 0 Å². The van der Waals surface area contributed by atoms with Crippen LogP contribution < -0.4 is 5.73 Å². The molecule has 0 amide bonds. The Kier molecular flexibility index (Phi) is 2.59. The van der Waals surface area contributed by atoms with Crippen LogP contribution in [0, 0.1) is 0 Å². The van der Waals surface area contributed by atoms with E-state index >= 15 is 0 Å². The van der Waals surface area contributed by atoms with Gasteiger partial charge in [-0.05, 0) is 16.7 Å². The van der Waals surface area contributed by atoms with Crippen molar-refractivity contribution in [2.24, 2.45) is 5.73 Å². The molecule has 1 aromatic carbocycles. The third-order valence-corrected chi connectivity index (χ3v) is 3.01. The second-order valence-electron chi connectivity index (χ2n) is 4.13. The summed E-state index contributed by atoms with van der Waals surface area (Å²) in [5.41, 5.74) is 10.5. The van der Waals surface area contributed by atoms with Crippen molar-refractivity contribution in [1.82, 2.24) is 9.97 Å². The molecule has 0 fully saturated rings. The number of ether oxygens (including phenoxy) is 1. The summed E-state index contributed by atoms with van der Waals surface area (Å²) in [6, 6.07) is 5.98. The Hall–Kier alpha value is -1.78. The molecule has 17 heavy (non-hydrogen) atoms. The van der Waals surface area contributed by atoms with Crippen molar-refractivity contribution in [2.45, 2.75) is 19.3 Å². The van der Waals surface area contributed by atoms with Crippen LogP contribution in [-0.2, 0) is 18.0 Å². The summed E-state index contributed by atoms with van der Waals surface area (Å²) in [4.78, 5) is 8.27.